The molecule has 0 atom stereocenters. The van der Waals surface area contributed by atoms with Gasteiger partial charge in [0, 0.05) is 0 Å². The van der Waals surface area contributed by atoms with Gasteiger partial charge in [0.15, 0.2) is 4.34 Å². The van der Waals surface area contributed by atoms with Gasteiger partial charge in [-0.05, 0) is 6.92 Å². The zero-order valence-corrected chi connectivity index (χ0v) is 9.56. The van der Waals surface area contributed by atoms with Gasteiger partial charge < -0.3 is 4.74 Å². The molecule has 0 aromatic carbocycles. The summed E-state index contributed by atoms with van der Waals surface area (Å²) in [4.78, 5) is 22.0. The lowest BCUT2D eigenvalue weighted by atomic mass is 10.7. The summed E-state index contributed by atoms with van der Waals surface area (Å²) in [7, 11) is 0. The molecule has 0 bridgehead atoms. The highest BCUT2D eigenvalue weighted by atomic mass is 32.2. The first-order valence-corrected chi connectivity index (χ1v) is 5.94. The van der Waals surface area contributed by atoms with Crippen LogP contribution in [-0.2, 0) is 9.53 Å². The van der Waals surface area contributed by atoms with E-state index in [0.717, 1.165) is 0 Å². The Kier molecular flexibility index (Phi) is 5.05. The number of imide groups is 1. The van der Waals surface area contributed by atoms with Crippen molar-refractivity contribution in [1.29, 1.82) is 0 Å². The van der Waals surface area contributed by atoms with Crippen molar-refractivity contribution in [2.45, 2.75) is 11.3 Å². The van der Waals surface area contributed by atoms with Crippen LogP contribution in [0.25, 0.3) is 0 Å². The van der Waals surface area contributed by atoms with Crippen LogP contribution in [-0.4, -0.2) is 34.6 Å². The molecule has 8 heteroatoms. The number of rotatable bonds is 4. The summed E-state index contributed by atoms with van der Waals surface area (Å²) in [6.45, 7) is 1.91. The zero-order valence-electron chi connectivity index (χ0n) is 7.93. The summed E-state index contributed by atoms with van der Waals surface area (Å²) >= 11 is 2.56. The van der Waals surface area contributed by atoms with Crippen LogP contribution in [0.15, 0.2) is 9.85 Å². The topological polar surface area (TPSA) is 81.2 Å². The Morgan fingerprint density at radius 2 is 2.47 bits per heavy atom. The molecule has 0 fully saturated rings. The SMILES string of the molecule is CCOC(=O)NC(=O)CSc1nncs1. The number of amides is 2. The van der Waals surface area contributed by atoms with Crippen molar-refractivity contribution < 1.29 is 14.3 Å². The molecule has 1 rings (SSSR count). The molecule has 1 N–H and O–H groups in total. The number of hydrogen-bond acceptors (Lipinski definition) is 7. The van der Waals surface area contributed by atoms with Crippen LogP contribution in [0.3, 0.4) is 0 Å². The Labute approximate surface area is 94.4 Å². The highest BCUT2D eigenvalue weighted by Crippen LogP contribution is 2.17. The first-order chi connectivity index (χ1) is 7.22. The number of carbonyl (C=O) groups excluding carboxylic acids is 2. The molecule has 0 unspecified atom stereocenters. The second kappa shape index (κ2) is 6.36. The second-order valence-corrected chi connectivity index (χ2v) is 4.32. The fourth-order valence-corrected chi connectivity index (χ4v) is 1.96. The normalized spacial score (nSPS) is 9.67. The molecule has 0 spiro atoms. The summed E-state index contributed by atoms with van der Waals surface area (Å²) in [6.07, 6.45) is -0.722. The monoisotopic (exact) mass is 247 g/mol. The van der Waals surface area contributed by atoms with Crippen molar-refractivity contribution in [1.82, 2.24) is 15.5 Å². The van der Waals surface area contributed by atoms with Crippen LogP contribution in [0.4, 0.5) is 4.79 Å². The van der Waals surface area contributed by atoms with Gasteiger partial charge in [0.2, 0.25) is 5.91 Å². The van der Waals surface area contributed by atoms with Crippen molar-refractivity contribution in [2.24, 2.45) is 0 Å². The molecule has 2 amide bonds. The lowest BCUT2D eigenvalue weighted by Crippen LogP contribution is -2.32. The van der Waals surface area contributed by atoms with E-state index in [1.807, 2.05) is 0 Å². The fourth-order valence-electron chi connectivity index (χ4n) is 0.670. The van der Waals surface area contributed by atoms with Gasteiger partial charge in [0.05, 0.1) is 12.4 Å². The van der Waals surface area contributed by atoms with Crippen molar-refractivity contribution in [3.63, 3.8) is 0 Å². The van der Waals surface area contributed by atoms with Gasteiger partial charge in [0.1, 0.15) is 5.51 Å². The van der Waals surface area contributed by atoms with Gasteiger partial charge in [-0.2, -0.15) is 0 Å². The molecule has 1 aromatic rings. The van der Waals surface area contributed by atoms with Crippen molar-refractivity contribution in [2.75, 3.05) is 12.4 Å². The van der Waals surface area contributed by atoms with Crippen molar-refractivity contribution in [3.8, 4) is 0 Å². The third-order valence-electron chi connectivity index (χ3n) is 1.18. The van der Waals surface area contributed by atoms with E-state index >= 15 is 0 Å². The van der Waals surface area contributed by atoms with Crippen LogP contribution in [0, 0.1) is 0 Å². The number of alkyl carbamates (subject to hydrolysis) is 1. The van der Waals surface area contributed by atoms with Gasteiger partial charge in [-0.15, -0.1) is 10.2 Å². The third-order valence-corrected chi connectivity index (χ3v) is 3.04. The molecular weight excluding hydrogens is 238 g/mol. The molecule has 6 nitrogen and oxygen atoms in total. The van der Waals surface area contributed by atoms with Gasteiger partial charge >= 0.3 is 6.09 Å². The van der Waals surface area contributed by atoms with Crippen LogP contribution in [0.5, 0.6) is 0 Å². The number of thioether (sulfide) groups is 1. The molecule has 0 aliphatic rings. The summed E-state index contributed by atoms with van der Waals surface area (Å²) < 4.78 is 5.23. The summed E-state index contributed by atoms with van der Waals surface area (Å²) in [5, 5.41) is 9.43. The maximum atomic E-state index is 11.1. The molecule has 0 aliphatic heterocycles. The number of aromatic nitrogens is 2. The Hall–Kier alpha value is -1.15. The predicted octanol–water partition coefficient (Wildman–Crippen LogP) is 0.903. The standard InChI is InChI=1S/C7H9N3O3S2/c1-2-13-6(12)9-5(11)3-14-7-10-8-4-15-7/h4H,2-3H2,1H3,(H,9,11,12). The van der Waals surface area contributed by atoms with E-state index in [1.54, 1.807) is 12.4 Å². The van der Waals surface area contributed by atoms with Crippen LogP contribution < -0.4 is 5.32 Å². The van der Waals surface area contributed by atoms with E-state index in [2.05, 4.69) is 20.3 Å². The minimum atomic E-state index is -0.722. The van der Waals surface area contributed by atoms with Gasteiger partial charge in [-0.3, -0.25) is 10.1 Å². The zero-order chi connectivity index (χ0) is 11.1. The minimum Gasteiger partial charge on any atom is -0.450 e. The lowest BCUT2D eigenvalue weighted by Gasteiger charge is -2.02. The molecule has 0 aliphatic carbocycles. The largest absolute Gasteiger partial charge is 0.450 e. The maximum Gasteiger partial charge on any atom is 0.413 e. The van der Waals surface area contributed by atoms with Crippen molar-refractivity contribution in [3.05, 3.63) is 5.51 Å². The van der Waals surface area contributed by atoms with Gasteiger partial charge in [0.25, 0.3) is 0 Å². The van der Waals surface area contributed by atoms with E-state index < -0.39 is 12.0 Å². The number of hydrogen-bond donors (Lipinski definition) is 1. The highest BCUT2D eigenvalue weighted by Gasteiger charge is 2.09. The van der Waals surface area contributed by atoms with E-state index in [9.17, 15) is 9.59 Å². The molecule has 0 radical (unpaired) electrons. The Morgan fingerprint density at radius 1 is 1.67 bits per heavy atom. The Bertz CT molecular complexity index is 328. The number of nitrogens with one attached hydrogen (secondary N) is 1. The Morgan fingerprint density at radius 3 is 3.07 bits per heavy atom. The van der Waals surface area contributed by atoms with Crippen molar-refractivity contribution >= 4 is 35.1 Å². The molecule has 0 saturated heterocycles. The second-order valence-electron chi connectivity index (χ2n) is 2.26. The molecule has 15 heavy (non-hydrogen) atoms. The maximum absolute atomic E-state index is 11.1. The summed E-state index contributed by atoms with van der Waals surface area (Å²) in [5.41, 5.74) is 1.57. The number of nitrogens with zero attached hydrogens (tertiary/aromatic N) is 2. The molecular formula is C7H9N3O3S2. The quantitative estimate of drug-likeness (QED) is 0.796. The van der Waals surface area contributed by atoms with Crippen LogP contribution >= 0.6 is 23.1 Å². The molecule has 1 heterocycles. The first kappa shape index (κ1) is 11.9. The molecule has 82 valence electrons. The predicted molar refractivity (Wildman–Crippen MR) is 55.8 cm³/mol. The van der Waals surface area contributed by atoms with Gasteiger partial charge in [-0.1, -0.05) is 23.1 Å². The van der Waals surface area contributed by atoms with Gasteiger partial charge in [-0.25, -0.2) is 4.79 Å². The smallest absolute Gasteiger partial charge is 0.413 e. The Balaban J connectivity index is 2.22. The van der Waals surface area contributed by atoms with E-state index in [0.29, 0.717) is 4.34 Å². The first-order valence-electron chi connectivity index (χ1n) is 4.08. The van der Waals surface area contributed by atoms with E-state index in [4.69, 9.17) is 0 Å². The number of ether oxygens (including phenoxy) is 1. The van der Waals surface area contributed by atoms with E-state index in [1.165, 1.54) is 23.1 Å². The summed E-state index contributed by atoms with van der Waals surface area (Å²) in [5.74, 6) is -0.290. The highest BCUT2D eigenvalue weighted by molar-refractivity contribution is 8.01. The van der Waals surface area contributed by atoms with Crippen LogP contribution in [0.1, 0.15) is 6.92 Å². The molecule has 0 saturated carbocycles. The fraction of sp³-hybridized carbons (Fsp3) is 0.429. The molecule has 1 aromatic heterocycles. The average molecular weight is 247 g/mol. The minimum absolute atomic E-state index is 0.119. The van der Waals surface area contributed by atoms with Crippen LogP contribution in [0.2, 0.25) is 0 Å². The lowest BCUT2D eigenvalue weighted by molar-refractivity contribution is -0.117. The average Bonchev–Trinajstić information content (AvgIpc) is 2.67. The third kappa shape index (κ3) is 4.75. The summed E-state index contributed by atoms with van der Waals surface area (Å²) in [6, 6.07) is 0. The van der Waals surface area contributed by atoms with E-state index in [-0.39, 0.29) is 12.4 Å². The number of carbonyl (C=O) groups is 2.